The molecule has 1 aliphatic heterocycles. The Morgan fingerprint density at radius 3 is 2.55 bits per heavy atom. The van der Waals surface area contributed by atoms with Crippen LogP contribution in [0.4, 0.5) is 10.3 Å². The van der Waals surface area contributed by atoms with Crippen molar-refractivity contribution in [1.29, 1.82) is 0 Å². The van der Waals surface area contributed by atoms with Gasteiger partial charge in [-0.3, -0.25) is 4.79 Å². The van der Waals surface area contributed by atoms with Gasteiger partial charge in [0.05, 0.1) is 0 Å². The summed E-state index contributed by atoms with van der Waals surface area (Å²) in [5, 5.41) is 2.93. The van der Waals surface area contributed by atoms with E-state index in [9.17, 15) is 9.18 Å². The number of hydrogen-bond donors (Lipinski definition) is 1. The fraction of sp³-hybridized carbons (Fsp3) is 0.522. The number of aryl methyl sites for hydroxylation is 1. The number of amides is 1. The highest BCUT2D eigenvalue weighted by Gasteiger charge is 2.18. The van der Waals surface area contributed by atoms with Crippen molar-refractivity contribution in [2.45, 2.75) is 58.3 Å². The minimum Gasteiger partial charge on any atom is -0.351 e. The van der Waals surface area contributed by atoms with Crippen LogP contribution in [0, 0.1) is 5.82 Å². The lowest BCUT2D eigenvalue weighted by atomic mass is 10.1. The molecule has 0 aliphatic carbocycles. The van der Waals surface area contributed by atoms with Gasteiger partial charge in [0.1, 0.15) is 11.5 Å². The first-order valence-corrected chi connectivity index (χ1v) is 10.7. The van der Waals surface area contributed by atoms with Crippen LogP contribution in [0.3, 0.4) is 0 Å². The van der Waals surface area contributed by atoms with Crippen molar-refractivity contribution < 1.29 is 9.18 Å². The summed E-state index contributed by atoms with van der Waals surface area (Å²) < 4.78 is 13.7. The monoisotopic (exact) mass is 398 g/mol. The molecule has 1 amide bonds. The molecule has 1 saturated heterocycles. The molecule has 29 heavy (non-hydrogen) atoms. The number of anilines is 1. The van der Waals surface area contributed by atoms with E-state index < -0.39 is 0 Å². The SMILES string of the molecule is CC(C)c1cc(C(=O)NCCCc2ccccc2F)nc(N2CCCCCC2)n1. The summed E-state index contributed by atoms with van der Waals surface area (Å²) in [5.74, 6) is 0.489. The van der Waals surface area contributed by atoms with E-state index >= 15 is 0 Å². The number of carbonyl (C=O) groups excluding carboxylic acids is 1. The van der Waals surface area contributed by atoms with Gasteiger partial charge in [0.15, 0.2) is 0 Å². The van der Waals surface area contributed by atoms with Gasteiger partial charge in [-0.15, -0.1) is 0 Å². The average molecular weight is 399 g/mol. The first kappa shape index (κ1) is 21.2. The van der Waals surface area contributed by atoms with E-state index in [0.717, 1.165) is 31.6 Å². The Morgan fingerprint density at radius 1 is 1.14 bits per heavy atom. The van der Waals surface area contributed by atoms with E-state index in [1.807, 2.05) is 6.07 Å². The number of nitrogens with zero attached hydrogens (tertiary/aromatic N) is 3. The number of hydrogen-bond acceptors (Lipinski definition) is 4. The van der Waals surface area contributed by atoms with Crippen LogP contribution in [0.15, 0.2) is 30.3 Å². The zero-order valence-corrected chi connectivity index (χ0v) is 17.5. The van der Waals surface area contributed by atoms with E-state index in [-0.39, 0.29) is 17.6 Å². The van der Waals surface area contributed by atoms with Crippen molar-refractivity contribution in [1.82, 2.24) is 15.3 Å². The highest BCUT2D eigenvalue weighted by atomic mass is 19.1. The number of rotatable bonds is 7. The lowest BCUT2D eigenvalue weighted by Gasteiger charge is -2.22. The van der Waals surface area contributed by atoms with Gasteiger partial charge in [-0.05, 0) is 49.3 Å². The van der Waals surface area contributed by atoms with E-state index in [2.05, 4.69) is 29.0 Å². The third kappa shape index (κ3) is 5.99. The lowest BCUT2D eigenvalue weighted by Crippen LogP contribution is -2.30. The van der Waals surface area contributed by atoms with Gasteiger partial charge >= 0.3 is 0 Å². The van der Waals surface area contributed by atoms with Crippen LogP contribution >= 0.6 is 0 Å². The molecule has 156 valence electrons. The molecule has 1 aromatic carbocycles. The fourth-order valence-corrected chi connectivity index (χ4v) is 3.55. The van der Waals surface area contributed by atoms with Gasteiger partial charge in [0.2, 0.25) is 5.95 Å². The maximum absolute atomic E-state index is 13.7. The van der Waals surface area contributed by atoms with Crippen molar-refractivity contribution in [2.75, 3.05) is 24.5 Å². The molecule has 0 radical (unpaired) electrons. The zero-order chi connectivity index (χ0) is 20.6. The van der Waals surface area contributed by atoms with Gasteiger partial charge in [0.25, 0.3) is 5.91 Å². The predicted molar refractivity (Wildman–Crippen MR) is 114 cm³/mol. The molecular formula is C23H31FN4O. The maximum atomic E-state index is 13.7. The summed E-state index contributed by atoms with van der Waals surface area (Å²) in [5.41, 5.74) is 1.97. The van der Waals surface area contributed by atoms with Crippen LogP contribution in [0.1, 0.15) is 73.6 Å². The van der Waals surface area contributed by atoms with Crippen LogP contribution in [0.25, 0.3) is 0 Å². The summed E-state index contributed by atoms with van der Waals surface area (Å²) in [6.45, 7) is 6.50. The van der Waals surface area contributed by atoms with E-state index in [0.29, 0.717) is 36.6 Å². The van der Waals surface area contributed by atoms with Gasteiger partial charge in [-0.25, -0.2) is 14.4 Å². The molecule has 1 N–H and O–H groups in total. The second kappa shape index (κ2) is 10.3. The molecule has 0 spiro atoms. The number of aromatic nitrogens is 2. The Labute approximate surface area is 172 Å². The second-order valence-corrected chi connectivity index (χ2v) is 7.98. The van der Waals surface area contributed by atoms with Crippen molar-refractivity contribution in [3.63, 3.8) is 0 Å². The standard InChI is InChI=1S/C23H31FN4O/c1-17(2)20-16-21(27-23(26-20)28-14-7-3-4-8-15-28)22(29)25-13-9-11-18-10-5-6-12-19(18)24/h5-6,10,12,16-17H,3-4,7-9,11,13-15H2,1-2H3,(H,25,29). The largest absolute Gasteiger partial charge is 0.351 e. The number of halogens is 1. The van der Waals surface area contributed by atoms with Gasteiger partial charge in [-0.1, -0.05) is 44.9 Å². The first-order chi connectivity index (χ1) is 14.0. The summed E-state index contributed by atoms with van der Waals surface area (Å²) in [6, 6.07) is 8.55. The summed E-state index contributed by atoms with van der Waals surface area (Å²) >= 11 is 0. The van der Waals surface area contributed by atoms with E-state index in [1.54, 1.807) is 18.2 Å². The smallest absolute Gasteiger partial charge is 0.270 e. The molecule has 0 atom stereocenters. The predicted octanol–water partition coefficient (Wildman–Crippen LogP) is 4.48. The molecule has 0 bridgehead atoms. The highest BCUT2D eigenvalue weighted by Crippen LogP contribution is 2.20. The number of benzene rings is 1. The molecule has 1 aliphatic rings. The van der Waals surface area contributed by atoms with Crippen molar-refractivity contribution in [3.05, 3.63) is 53.1 Å². The number of carbonyl (C=O) groups is 1. The van der Waals surface area contributed by atoms with Crippen molar-refractivity contribution in [2.24, 2.45) is 0 Å². The van der Waals surface area contributed by atoms with Gasteiger partial charge in [-0.2, -0.15) is 0 Å². The Bertz CT molecular complexity index is 816. The fourth-order valence-electron chi connectivity index (χ4n) is 3.55. The molecule has 5 nitrogen and oxygen atoms in total. The van der Waals surface area contributed by atoms with Crippen LogP contribution in [0.5, 0.6) is 0 Å². The van der Waals surface area contributed by atoms with Gasteiger partial charge in [0, 0.05) is 25.3 Å². The number of nitrogens with one attached hydrogen (secondary N) is 1. The Balaban J connectivity index is 1.64. The van der Waals surface area contributed by atoms with E-state index in [1.165, 1.54) is 18.9 Å². The zero-order valence-electron chi connectivity index (χ0n) is 17.5. The minimum absolute atomic E-state index is 0.195. The third-order valence-corrected chi connectivity index (χ3v) is 5.31. The highest BCUT2D eigenvalue weighted by molar-refractivity contribution is 5.92. The molecule has 1 fully saturated rings. The topological polar surface area (TPSA) is 58.1 Å². The third-order valence-electron chi connectivity index (χ3n) is 5.31. The molecule has 6 heteroatoms. The summed E-state index contributed by atoms with van der Waals surface area (Å²) in [7, 11) is 0. The van der Waals surface area contributed by atoms with Crippen LogP contribution in [-0.2, 0) is 6.42 Å². The maximum Gasteiger partial charge on any atom is 0.270 e. The average Bonchev–Trinajstić information content (AvgIpc) is 3.01. The summed E-state index contributed by atoms with van der Waals surface area (Å²) in [4.78, 5) is 24.2. The van der Waals surface area contributed by atoms with Crippen molar-refractivity contribution >= 4 is 11.9 Å². The molecule has 3 rings (SSSR count). The molecular weight excluding hydrogens is 367 g/mol. The van der Waals surface area contributed by atoms with Crippen LogP contribution < -0.4 is 10.2 Å². The molecule has 0 saturated carbocycles. The minimum atomic E-state index is -0.196. The quantitative estimate of drug-likeness (QED) is 0.699. The van der Waals surface area contributed by atoms with Gasteiger partial charge < -0.3 is 10.2 Å². The molecule has 2 aromatic rings. The normalized spacial score (nSPS) is 14.7. The Morgan fingerprint density at radius 2 is 1.86 bits per heavy atom. The van der Waals surface area contributed by atoms with E-state index in [4.69, 9.17) is 4.98 Å². The summed E-state index contributed by atoms with van der Waals surface area (Å²) in [6.07, 6.45) is 5.99. The molecule has 1 aromatic heterocycles. The second-order valence-electron chi connectivity index (χ2n) is 7.98. The van der Waals surface area contributed by atoms with Crippen LogP contribution in [0.2, 0.25) is 0 Å². The molecule has 0 unspecified atom stereocenters. The Hall–Kier alpha value is -2.50. The van der Waals surface area contributed by atoms with Crippen LogP contribution in [-0.4, -0.2) is 35.5 Å². The first-order valence-electron chi connectivity index (χ1n) is 10.7. The Kier molecular flexibility index (Phi) is 7.55. The lowest BCUT2D eigenvalue weighted by molar-refractivity contribution is 0.0948. The molecule has 2 heterocycles. The van der Waals surface area contributed by atoms with Crippen molar-refractivity contribution in [3.8, 4) is 0 Å².